The van der Waals surface area contributed by atoms with Crippen LogP contribution < -0.4 is 5.32 Å². The molecule has 1 aliphatic heterocycles. The number of fused-ring (bicyclic) bond motifs is 1. The molecular formula is C22H25F3N6. The summed E-state index contributed by atoms with van der Waals surface area (Å²) in [6.45, 7) is 1.97. The number of piperidine rings is 1. The van der Waals surface area contributed by atoms with E-state index in [9.17, 15) is 13.2 Å². The average molecular weight is 430 g/mol. The molecule has 0 amide bonds. The molecule has 2 fully saturated rings. The van der Waals surface area contributed by atoms with Crippen LogP contribution in [0.5, 0.6) is 0 Å². The number of benzene rings is 1. The molecule has 1 N–H and O–H groups in total. The Hall–Kier alpha value is -2.68. The van der Waals surface area contributed by atoms with E-state index < -0.39 is 12.6 Å². The second-order valence-electron chi connectivity index (χ2n) is 8.75. The van der Waals surface area contributed by atoms with Crippen LogP contribution >= 0.6 is 0 Å². The summed E-state index contributed by atoms with van der Waals surface area (Å²) >= 11 is 0. The SMILES string of the molecule is CN1CCC[C@@H](Nc2nnc(-c3ccc(C4CC4)cc3CC(F)(F)F)c3cncn23)C1. The van der Waals surface area contributed by atoms with Crippen LogP contribution in [0, 0.1) is 0 Å². The van der Waals surface area contributed by atoms with E-state index in [0.29, 0.717) is 28.6 Å². The highest BCUT2D eigenvalue weighted by Crippen LogP contribution is 2.42. The Kier molecular flexibility index (Phi) is 5.08. The van der Waals surface area contributed by atoms with Gasteiger partial charge >= 0.3 is 6.18 Å². The average Bonchev–Trinajstić information content (AvgIpc) is 3.44. The molecule has 3 aromatic rings. The number of aromatic nitrogens is 4. The number of likely N-dealkylation sites (tertiary alicyclic amines) is 1. The first-order valence-electron chi connectivity index (χ1n) is 10.7. The van der Waals surface area contributed by atoms with Gasteiger partial charge in [0.1, 0.15) is 12.0 Å². The molecule has 2 aliphatic rings. The maximum atomic E-state index is 13.3. The zero-order chi connectivity index (χ0) is 21.6. The molecule has 1 aliphatic carbocycles. The zero-order valence-electron chi connectivity index (χ0n) is 17.4. The highest BCUT2D eigenvalue weighted by molar-refractivity contribution is 5.79. The summed E-state index contributed by atoms with van der Waals surface area (Å²) in [5, 5.41) is 12.1. The summed E-state index contributed by atoms with van der Waals surface area (Å²) in [6, 6.07) is 5.61. The van der Waals surface area contributed by atoms with Crippen molar-refractivity contribution in [3.8, 4) is 11.3 Å². The molecule has 3 heterocycles. The molecule has 0 unspecified atom stereocenters. The summed E-state index contributed by atoms with van der Waals surface area (Å²) in [6.07, 6.45) is 2.18. The van der Waals surface area contributed by atoms with Crippen LogP contribution in [0.2, 0.25) is 0 Å². The molecule has 0 bridgehead atoms. The van der Waals surface area contributed by atoms with Crippen LogP contribution in [0.25, 0.3) is 16.8 Å². The molecule has 1 saturated carbocycles. The van der Waals surface area contributed by atoms with Crippen molar-refractivity contribution in [1.82, 2.24) is 24.5 Å². The van der Waals surface area contributed by atoms with Gasteiger partial charge in [-0.25, -0.2) is 4.98 Å². The van der Waals surface area contributed by atoms with Crippen molar-refractivity contribution >= 4 is 11.5 Å². The summed E-state index contributed by atoms with van der Waals surface area (Å²) in [7, 11) is 2.09. The van der Waals surface area contributed by atoms with Crippen molar-refractivity contribution in [2.75, 3.05) is 25.5 Å². The quantitative estimate of drug-likeness (QED) is 0.655. The van der Waals surface area contributed by atoms with Gasteiger partial charge in [0.15, 0.2) is 0 Å². The topological polar surface area (TPSA) is 58.3 Å². The number of hydrogen-bond acceptors (Lipinski definition) is 5. The van der Waals surface area contributed by atoms with Crippen molar-refractivity contribution < 1.29 is 13.2 Å². The second kappa shape index (κ2) is 7.78. The third-order valence-electron chi connectivity index (χ3n) is 6.14. The maximum Gasteiger partial charge on any atom is 0.393 e. The fourth-order valence-corrected chi connectivity index (χ4v) is 4.47. The Labute approximate surface area is 178 Å². The standard InChI is InChI=1S/C22H25F3N6/c1-30-8-2-3-17(12-30)27-21-29-28-20(19-11-26-13-31(19)21)18-7-6-15(14-4-5-14)9-16(18)10-22(23,24)25/h6-7,9,11,13-14,17H,2-5,8,10,12H2,1H3,(H,27,29)/t17-/m1/s1. The molecule has 6 nitrogen and oxygen atoms in total. The van der Waals surface area contributed by atoms with Crippen LogP contribution in [-0.2, 0) is 6.42 Å². The number of imidazole rings is 1. The first-order chi connectivity index (χ1) is 14.9. The second-order valence-corrected chi connectivity index (χ2v) is 8.75. The van der Waals surface area contributed by atoms with Gasteiger partial charge in [0.05, 0.1) is 18.1 Å². The molecule has 1 atom stereocenters. The van der Waals surface area contributed by atoms with E-state index >= 15 is 0 Å². The zero-order valence-corrected chi connectivity index (χ0v) is 17.4. The van der Waals surface area contributed by atoms with Crippen molar-refractivity contribution in [3.05, 3.63) is 41.9 Å². The minimum absolute atomic E-state index is 0.239. The van der Waals surface area contributed by atoms with Gasteiger partial charge < -0.3 is 10.2 Å². The van der Waals surface area contributed by atoms with E-state index in [1.807, 2.05) is 6.07 Å². The highest BCUT2D eigenvalue weighted by Gasteiger charge is 2.32. The lowest BCUT2D eigenvalue weighted by Crippen LogP contribution is -2.40. The normalized spacial score (nSPS) is 20.3. The van der Waals surface area contributed by atoms with E-state index in [2.05, 4.69) is 32.4 Å². The number of rotatable bonds is 5. The number of likely N-dealkylation sites (N-methyl/N-ethyl adjacent to an activating group) is 1. The smallest absolute Gasteiger partial charge is 0.350 e. The molecule has 0 spiro atoms. The maximum absolute atomic E-state index is 13.3. The van der Waals surface area contributed by atoms with Gasteiger partial charge in [-0.15, -0.1) is 10.2 Å². The van der Waals surface area contributed by atoms with E-state index in [0.717, 1.165) is 44.3 Å². The van der Waals surface area contributed by atoms with Crippen LogP contribution in [0.4, 0.5) is 19.1 Å². The number of anilines is 1. The molecule has 1 saturated heterocycles. The molecule has 5 rings (SSSR count). The Morgan fingerprint density at radius 1 is 1.16 bits per heavy atom. The molecule has 164 valence electrons. The summed E-state index contributed by atoms with van der Waals surface area (Å²) in [5.41, 5.74) is 2.74. The number of alkyl halides is 3. The highest BCUT2D eigenvalue weighted by atomic mass is 19.4. The lowest BCUT2D eigenvalue weighted by Gasteiger charge is -2.30. The monoisotopic (exact) mass is 430 g/mol. The first kappa shape index (κ1) is 20.2. The van der Waals surface area contributed by atoms with Crippen LogP contribution in [0.1, 0.15) is 42.7 Å². The Balaban J connectivity index is 1.53. The van der Waals surface area contributed by atoms with E-state index in [-0.39, 0.29) is 11.6 Å². The Morgan fingerprint density at radius 2 is 2.00 bits per heavy atom. The molecule has 9 heteroatoms. The van der Waals surface area contributed by atoms with Gasteiger partial charge in [-0.2, -0.15) is 13.2 Å². The summed E-state index contributed by atoms with van der Waals surface area (Å²) in [5.74, 6) is 0.936. The van der Waals surface area contributed by atoms with Crippen molar-refractivity contribution in [2.24, 2.45) is 0 Å². The van der Waals surface area contributed by atoms with Crippen molar-refractivity contribution in [3.63, 3.8) is 0 Å². The summed E-state index contributed by atoms with van der Waals surface area (Å²) < 4.78 is 41.8. The third kappa shape index (κ3) is 4.37. The van der Waals surface area contributed by atoms with Gasteiger partial charge in [0.25, 0.3) is 0 Å². The van der Waals surface area contributed by atoms with Gasteiger partial charge in [0.2, 0.25) is 5.95 Å². The van der Waals surface area contributed by atoms with Crippen LogP contribution in [0.15, 0.2) is 30.7 Å². The van der Waals surface area contributed by atoms with Crippen molar-refractivity contribution in [1.29, 1.82) is 0 Å². The minimum atomic E-state index is -4.30. The number of halogens is 3. The lowest BCUT2D eigenvalue weighted by atomic mass is 9.96. The van der Waals surface area contributed by atoms with Crippen LogP contribution in [-0.4, -0.2) is 56.8 Å². The fraction of sp³-hybridized carbons (Fsp3) is 0.500. The van der Waals surface area contributed by atoms with Gasteiger partial charge in [-0.05, 0) is 56.3 Å². The van der Waals surface area contributed by atoms with Crippen LogP contribution in [0.3, 0.4) is 0 Å². The Morgan fingerprint density at radius 3 is 2.74 bits per heavy atom. The molecule has 31 heavy (non-hydrogen) atoms. The molecular weight excluding hydrogens is 405 g/mol. The van der Waals surface area contributed by atoms with E-state index in [1.165, 1.54) is 0 Å². The molecule has 1 aromatic carbocycles. The predicted octanol–water partition coefficient (Wildman–Crippen LogP) is 4.28. The van der Waals surface area contributed by atoms with E-state index in [1.54, 1.807) is 29.1 Å². The molecule has 0 radical (unpaired) electrons. The molecule has 2 aromatic heterocycles. The third-order valence-corrected chi connectivity index (χ3v) is 6.14. The first-order valence-corrected chi connectivity index (χ1v) is 10.7. The predicted molar refractivity (Wildman–Crippen MR) is 112 cm³/mol. The minimum Gasteiger partial charge on any atom is -0.350 e. The summed E-state index contributed by atoms with van der Waals surface area (Å²) in [4.78, 5) is 6.49. The van der Waals surface area contributed by atoms with Gasteiger partial charge in [-0.1, -0.05) is 18.2 Å². The lowest BCUT2D eigenvalue weighted by molar-refractivity contribution is -0.127. The van der Waals surface area contributed by atoms with Gasteiger partial charge in [0, 0.05) is 18.2 Å². The number of nitrogens with one attached hydrogen (secondary N) is 1. The van der Waals surface area contributed by atoms with E-state index in [4.69, 9.17) is 0 Å². The Bertz CT molecular complexity index is 1090. The van der Waals surface area contributed by atoms with Gasteiger partial charge in [-0.3, -0.25) is 4.40 Å². The fourth-order valence-electron chi connectivity index (χ4n) is 4.47. The van der Waals surface area contributed by atoms with Crippen molar-refractivity contribution in [2.45, 2.75) is 50.2 Å². The largest absolute Gasteiger partial charge is 0.393 e. The number of nitrogens with zero attached hydrogens (tertiary/aromatic N) is 5. The number of hydrogen-bond donors (Lipinski definition) is 1.